The molecule has 6 nitrogen and oxygen atoms in total. The summed E-state index contributed by atoms with van der Waals surface area (Å²) in [6, 6.07) is 7.22. The molecule has 0 radical (unpaired) electrons. The third-order valence-corrected chi connectivity index (χ3v) is 4.77. The molecule has 0 bridgehead atoms. The molecule has 0 aliphatic heterocycles. The maximum atomic E-state index is 11.9. The molecule has 0 unspecified atom stereocenters. The second-order valence-electron chi connectivity index (χ2n) is 5.08. The van der Waals surface area contributed by atoms with E-state index in [1.54, 1.807) is 25.1 Å². The standard InChI is InChI=1S/C16H11ClN4O2S/c1-8-10(6-18)14(22)21(2)15(23)11(8)7-19-16-20-12-4-3-9(17)5-13(12)24-16/h3-5,7,23H,1-2H3. The molecule has 24 heavy (non-hydrogen) atoms. The van der Waals surface area contributed by atoms with E-state index >= 15 is 0 Å². The summed E-state index contributed by atoms with van der Waals surface area (Å²) in [5.41, 5.74) is 0.903. The Labute approximate surface area is 145 Å². The largest absolute Gasteiger partial charge is 0.494 e. The molecule has 0 atom stereocenters. The van der Waals surface area contributed by atoms with Gasteiger partial charge in [0.25, 0.3) is 5.56 Å². The minimum absolute atomic E-state index is 0.0205. The van der Waals surface area contributed by atoms with E-state index in [1.807, 2.05) is 6.07 Å². The van der Waals surface area contributed by atoms with E-state index < -0.39 is 5.56 Å². The van der Waals surface area contributed by atoms with Gasteiger partial charge in [0.2, 0.25) is 11.0 Å². The Bertz CT molecular complexity index is 1090. The number of hydrogen-bond donors (Lipinski definition) is 1. The van der Waals surface area contributed by atoms with Crippen LogP contribution in [-0.2, 0) is 7.05 Å². The first-order chi connectivity index (χ1) is 11.4. The number of pyridine rings is 1. The maximum absolute atomic E-state index is 11.9. The van der Waals surface area contributed by atoms with Crippen LogP contribution in [0.15, 0.2) is 28.0 Å². The number of halogens is 1. The normalized spacial score (nSPS) is 11.2. The summed E-state index contributed by atoms with van der Waals surface area (Å²) in [4.78, 5) is 20.6. The van der Waals surface area contributed by atoms with Crippen molar-refractivity contribution in [2.75, 3.05) is 0 Å². The minimum Gasteiger partial charge on any atom is -0.494 e. The van der Waals surface area contributed by atoms with Gasteiger partial charge in [-0.3, -0.25) is 9.36 Å². The van der Waals surface area contributed by atoms with Crippen LogP contribution >= 0.6 is 22.9 Å². The van der Waals surface area contributed by atoms with Crippen LogP contribution in [0.1, 0.15) is 16.7 Å². The van der Waals surface area contributed by atoms with Crippen molar-refractivity contribution in [3.8, 4) is 11.9 Å². The van der Waals surface area contributed by atoms with Gasteiger partial charge in [0.1, 0.15) is 11.6 Å². The molecule has 0 saturated carbocycles. The lowest BCUT2D eigenvalue weighted by Crippen LogP contribution is -2.22. The molecule has 120 valence electrons. The molecule has 2 heterocycles. The smallest absolute Gasteiger partial charge is 0.271 e. The molecule has 3 rings (SSSR count). The maximum Gasteiger partial charge on any atom is 0.271 e. The first kappa shape index (κ1) is 16.2. The Hall–Kier alpha value is -2.69. The fourth-order valence-electron chi connectivity index (χ4n) is 2.25. The van der Waals surface area contributed by atoms with Gasteiger partial charge in [0.05, 0.1) is 15.8 Å². The van der Waals surface area contributed by atoms with Crippen LogP contribution in [0.4, 0.5) is 5.13 Å². The highest BCUT2D eigenvalue weighted by atomic mass is 35.5. The number of thiazole rings is 1. The summed E-state index contributed by atoms with van der Waals surface area (Å²) in [5, 5.41) is 20.4. The molecule has 0 aliphatic rings. The Morgan fingerprint density at radius 3 is 2.96 bits per heavy atom. The molecule has 1 aromatic carbocycles. The van der Waals surface area contributed by atoms with Crippen molar-refractivity contribution in [1.29, 1.82) is 5.26 Å². The molecular formula is C16H11ClN4O2S. The Kier molecular flexibility index (Phi) is 4.09. The molecule has 3 aromatic rings. The van der Waals surface area contributed by atoms with Crippen molar-refractivity contribution in [2.24, 2.45) is 12.0 Å². The van der Waals surface area contributed by atoms with E-state index in [4.69, 9.17) is 16.9 Å². The second kappa shape index (κ2) is 6.07. The summed E-state index contributed by atoms with van der Waals surface area (Å²) in [5.74, 6) is -0.246. The van der Waals surface area contributed by atoms with Crippen molar-refractivity contribution in [3.63, 3.8) is 0 Å². The average molecular weight is 359 g/mol. The number of aromatic nitrogens is 2. The average Bonchev–Trinajstić information content (AvgIpc) is 2.95. The number of aromatic hydroxyl groups is 1. The zero-order valence-corrected chi connectivity index (χ0v) is 14.3. The van der Waals surface area contributed by atoms with Gasteiger partial charge in [-0.05, 0) is 30.7 Å². The zero-order chi connectivity index (χ0) is 17.4. The number of rotatable bonds is 2. The van der Waals surface area contributed by atoms with E-state index in [-0.39, 0.29) is 11.4 Å². The Morgan fingerprint density at radius 1 is 1.50 bits per heavy atom. The molecule has 0 spiro atoms. The SMILES string of the molecule is Cc1c(C=Nc2nc3ccc(Cl)cc3s2)c(O)n(C)c(=O)c1C#N. The Balaban J connectivity index is 2.10. The van der Waals surface area contributed by atoms with Crippen LogP contribution in [0.25, 0.3) is 10.2 Å². The fraction of sp³-hybridized carbons (Fsp3) is 0.125. The molecular weight excluding hydrogens is 348 g/mol. The van der Waals surface area contributed by atoms with Crippen molar-refractivity contribution in [2.45, 2.75) is 6.92 Å². The van der Waals surface area contributed by atoms with E-state index in [0.29, 0.717) is 21.3 Å². The monoisotopic (exact) mass is 358 g/mol. The van der Waals surface area contributed by atoms with Crippen molar-refractivity contribution in [3.05, 3.63) is 50.3 Å². The quantitative estimate of drug-likeness (QED) is 0.711. The molecule has 0 saturated heterocycles. The highest BCUT2D eigenvalue weighted by Crippen LogP contribution is 2.30. The van der Waals surface area contributed by atoms with E-state index in [1.165, 1.54) is 24.6 Å². The topological polar surface area (TPSA) is 91.3 Å². The lowest BCUT2D eigenvalue weighted by atomic mass is 10.1. The fourth-order valence-corrected chi connectivity index (χ4v) is 3.34. The van der Waals surface area contributed by atoms with Crippen molar-refractivity contribution < 1.29 is 5.11 Å². The molecule has 0 aliphatic carbocycles. The zero-order valence-electron chi connectivity index (χ0n) is 12.7. The highest BCUT2D eigenvalue weighted by Gasteiger charge is 2.15. The highest BCUT2D eigenvalue weighted by molar-refractivity contribution is 7.22. The van der Waals surface area contributed by atoms with Crippen LogP contribution in [-0.4, -0.2) is 20.9 Å². The predicted molar refractivity (Wildman–Crippen MR) is 94.7 cm³/mol. The number of nitriles is 1. The van der Waals surface area contributed by atoms with E-state index in [2.05, 4.69) is 9.98 Å². The van der Waals surface area contributed by atoms with Crippen LogP contribution in [0.5, 0.6) is 5.88 Å². The first-order valence-electron chi connectivity index (χ1n) is 6.85. The van der Waals surface area contributed by atoms with E-state index in [0.717, 1.165) is 14.8 Å². The Morgan fingerprint density at radius 2 is 2.25 bits per heavy atom. The first-order valence-corrected chi connectivity index (χ1v) is 8.04. The van der Waals surface area contributed by atoms with Gasteiger partial charge in [0.15, 0.2) is 0 Å². The predicted octanol–water partition coefficient (Wildman–Crippen LogP) is 3.28. The molecule has 0 amide bonds. The van der Waals surface area contributed by atoms with Gasteiger partial charge in [-0.1, -0.05) is 22.9 Å². The van der Waals surface area contributed by atoms with Gasteiger partial charge < -0.3 is 5.11 Å². The summed E-state index contributed by atoms with van der Waals surface area (Å²) in [7, 11) is 1.40. The number of aliphatic imine (C=N–C) groups is 1. The number of hydrogen-bond acceptors (Lipinski definition) is 6. The minimum atomic E-state index is -0.542. The summed E-state index contributed by atoms with van der Waals surface area (Å²) in [6.45, 7) is 1.60. The van der Waals surface area contributed by atoms with Gasteiger partial charge in [0, 0.05) is 18.3 Å². The van der Waals surface area contributed by atoms with Crippen LogP contribution in [0.3, 0.4) is 0 Å². The third-order valence-electron chi connectivity index (χ3n) is 3.61. The van der Waals surface area contributed by atoms with Crippen LogP contribution in [0.2, 0.25) is 5.02 Å². The van der Waals surface area contributed by atoms with E-state index in [9.17, 15) is 9.90 Å². The van der Waals surface area contributed by atoms with Crippen molar-refractivity contribution >= 4 is 44.5 Å². The van der Waals surface area contributed by atoms with Gasteiger partial charge >= 0.3 is 0 Å². The summed E-state index contributed by atoms with van der Waals surface area (Å²) >= 11 is 7.30. The number of nitrogens with zero attached hydrogens (tertiary/aromatic N) is 4. The third kappa shape index (κ3) is 2.66. The molecule has 0 fully saturated rings. The second-order valence-corrected chi connectivity index (χ2v) is 6.53. The number of benzene rings is 1. The molecule has 8 heteroatoms. The summed E-state index contributed by atoms with van der Waals surface area (Å²) in [6.07, 6.45) is 1.41. The van der Waals surface area contributed by atoms with Gasteiger partial charge in [-0.15, -0.1) is 0 Å². The van der Waals surface area contributed by atoms with Gasteiger partial charge in [-0.25, -0.2) is 9.98 Å². The summed E-state index contributed by atoms with van der Waals surface area (Å²) < 4.78 is 1.92. The molecule has 1 N–H and O–H groups in total. The molecule has 2 aromatic heterocycles. The van der Waals surface area contributed by atoms with Crippen LogP contribution < -0.4 is 5.56 Å². The lowest BCUT2D eigenvalue weighted by Gasteiger charge is -2.09. The lowest BCUT2D eigenvalue weighted by molar-refractivity contribution is 0.421. The van der Waals surface area contributed by atoms with Crippen molar-refractivity contribution in [1.82, 2.24) is 9.55 Å². The van der Waals surface area contributed by atoms with Crippen LogP contribution in [0, 0.1) is 18.3 Å². The number of fused-ring (bicyclic) bond motifs is 1. The van der Waals surface area contributed by atoms with Gasteiger partial charge in [-0.2, -0.15) is 5.26 Å².